The summed E-state index contributed by atoms with van der Waals surface area (Å²) in [5.74, 6) is 0.705. The Kier molecular flexibility index (Phi) is 6.09. The number of phenols is 1. The van der Waals surface area contributed by atoms with Crippen molar-refractivity contribution in [2.24, 2.45) is 23.2 Å². The molecule has 0 spiro atoms. The lowest BCUT2D eigenvalue weighted by atomic mass is 9.54. The van der Waals surface area contributed by atoms with E-state index in [4.69, 9.17) is 0 Å². The zero-order chi connectivity index (χ0) is 24.2. The number of halogens is 1. The number of nitrogens with one attached hydrogen (secondary N) is 1. The molecule has 0 bridgehead atoms. The Bertz CT molecular complexity index is 1190. The highest BCUT2D eigenvalue weighted by molar-refractivity contribution is 9.10. The molecule has 8 heteroatoms. The maximum Gasteiger partial charge on any atom is 0.226 e. The molecule has 5 rings (SSSR count). The molecule has 1 aromatic heterocycles. The molecular weight excluding hydrogens is 516 g/mol. The highest BCUT2D eigenvalue weighted by Crippen LogP contribution is 2.63. The molecule has 3 unspecified atom stereocenters. The van der Waals surface area contributed by atoms with Crippen molar-refractivity contribution in [2.45, 2.75) is 58.3 Å². The smallest absolute Gasteiger partial charge is 0.226 e. The van der Waals surface area contributed by atoms with Crippen LogP contribution in [0.4, 0.5) is 5.13 Å². The second-order valence-electron chi connectivity index (χ2n) is 10.1. The number of ketones is 1. The first-order valence-corrected chi connectivity index (χ1v) is 13.5. The number of hydrogen-bond acceptors (Lipinski definition) is 6. The molecule has 180 valence electrons. The van der Waals surface area contributed by atoms with Gasteiger partial charge in [0.2, 0.25) is 5.91 Å². The summed E-state index contributed by atoms with van der Waals surface area (Å²) in [5, 5.41) is 23.7. The van der Waals surface area contributed by atoms with E-state index in [2.05, 4.69) is 33.2 Å². The van der Waals surface area contributed by atoms with E-state index >= 15 is 0 Å². The number of aromatic nitrogens is 1. The number of carbonyl (C=O) groups is 2. The molecule has 1 amide bonds. The van der Waals surface area contributed by atoms with Gasteiger partial charge in [0.15, 0.2) is 10.9 Å². The number of amides is 1. The molecule has 1 aromatic carbocycles. The Morgan fingerprint density at radius 3 is 2.88 bits per heavy atom. The predicted molar refractivity (Wildman–Crippen MR) is 135 cm³/mol. The third-order valence-electron chi connectivity index (χ3n) is 8.38. The van der Waals surface area contributed by atoms with Crippen molar-refractivity contribution >= 4 is 44.1 Å². The number of Topliss-reactive ketones (excluding diaryl/α,β-unsaturated/α-hetero) is 1. The molecule has 5 atom stereocenters. The molecule has 2 aromatic rings. The van der Waals surface area contributed by atoms with E-state index in [1.54, 1.807) is 12.3 Å². The van der Waals surface area contributed by atoms with Crippen LogP contribution in [0.15, 0.2) is 34.6 Å². The van der Waals surface area contributed by atoms with Crippen LogP contribution >= 0.6 is 27.3 Å². The summed E-state index contributed by atoms with van der Waals surface area (Å²) in [6.07, 6.45) is 6.94. The van der Waals surface area contributed by atoms with Crippen LogP contribution in [0.25, 0.3) is 0 Å². The van der Waals surface area contributed by atoms with Gasteiger partial charge < -0.3 is 15.5 Å². The van der Waals surface area contributed by atoms with Crippen molar-refractivity contribution < 1.29 is 19.8 Å². The summed E-state index contributed by atoms with van der Waals surface area (Å²) in [6, 6.07) is 3.78. The molecule has 0 aliphatic heterocycles. The zero-order valence-electron chi connectivity index (χ0n) is 19.3. The van der Waals surface area contributed by atoms with Crippen molar-refractivity contribution in [3.63, 3.8) is 0 Å². The lowest BCUT2D eigenvalue weighted by Gasteiger charge is -2.49. The fourth-order valence-corrected chi connectivity index (χ4v) is 8.17. The summed E-state index contributed by atoms with van der Waals surface area (Å²) >= 11 is 5.00. The highest BCUT2D eigenvalue weighted by Gasteiger charge is 2.60. The van der Waals surface area contributed by atoms with Crippen molar-refractivity contribution in [1.82, 2.24) is 4.98 Å². The minimum absolute atomic E-state index is 0.0390. The van der Waals surface area contributed by atoms with Crippen molar-refractivity contribution in [2.75, 3.05) is 5.32 Å². The number of aliphatic hydroxyl groups is 1. The van der Waals surface area contributed by atoms with E-state index in [0.29, 0.717) is 29.0 Å². The van der Waals surface area contributed by atoms with E-state index in [1.165, 1.54) is 22.5 Å². The molecule has 3 N–H and O–H groups in total. The molecule has 0 saturated heterocycles. The third-order valence-corrected chi connectivity index (χ3v) is 10.1. The molecule has 34 heavy (non-hydrogen) atoms. The number of benzene rings is 1. The van der Waals surface area contributed by atoms with Crippen molar-refractivity contribution in [1.29, 1.82) is 0 Å². The molecule has 1 heterocycles. The second-order valence-corrected chi connectivity index (χ2v) is 12.2. The SMILES string of the molecule is Cc1cnc(NC(=O)CC[C@@H]2/C(=C/O)C(=O)[C@@]3(C)CCC4c5ccc(O)c(Br)c5CCC4C23)s1. The maximum absolute atomic E-state index is 13.5. The lowest BCUT2D eigenvalue weighted by molar-refractivity contribution is -0.127. The van der Waals surface area contributed by atoms with Gasteiger partial charge in [-0.2, -0.15) is 0 Å². The Balaban J connectivity index is 1.42. The van der Waals surface area contributed by atoms with Gasteiger partial charge in [-0.15, -0.1) is 11.3 Å². The van der Waals surface area contributed by atoms with Crippen LogP contribution in [0.2, 0.25) is 0 Å². The number of nitrogens with zero attached hydrogens (tertiary/aromatic N) is 1. The number of aryl methyl sites for hydroxylation is 1. The number of fused-ring (bicyclic) bond motifs is 5. The number of rotatable bonds is 4. The summed E-state index contributed by atoms with van der Waals surface area (Å²) in [6.45, 7) is 4.00. The quantitative estimate of drug-likeness (QED) is 0.321. The normalized spacial score (nSPS) is 31.1. The Morgan fingerprint density at radius 2 is 2.18 bits per heavy atom. The van der Waals surface area contributed by atoms with Crippen LogP contribution < -0.4 is 5.32 Å². The predicted octanol–water partition coefficient (Wildman–Crippen LogP) is 6.04. The fourth-order valence-electron chi connectivity index (χ4n) is 6.93. The third kappa shape index (κ3) is 3.70. The molecule has 2 fully saturated rings. The summed E-state index contributed by atoms with van der Waals surface area (Å²) in [7, 11) is 0. The fraction of sp³-hybridized carbons (Fsp3) is 0.500. The average molecular weight is 545 g/mol. The molecule has 0 radical (unpaired) electrons. The second kappa shape index (κ2) is 8.79. The lowest BCUT2D eigenvalue weighted by Crippen LogP contribution is -2.44. The molecule has 3 aliphatic rings. The molecular formula is C26H29BrN2O4S. The number of thiazole rings is 1. The van der Waals surface area contributed by atoms with Crippen LogP contribution in [0, 0.1) is 30.1 Å². The first-order valence-electron chi connectivity index (χ1n) is 11.9. The Labute approximate surface area is 211 Å². The summed E-state index contributed by atoms with van der Waals surface area (Å²) in [5.41, 5.74) is 2.38. The monoisotopic (exact) mass is 544 g/mol. The first-order chi connectivity index (χ1) is 16.2. The van der Waals surface area contributed by atoms with Gasteiger partial charge in [0.1, 0.15) is 5.75 Å². The minimum atomic E-state index is -0.519. The Morgan fingerprint density at radius 1 is 1.38 bits per heavy atom. The number of aliphatic hydroxyl groups excluding tert-OH is 1. The van der Waals surface area contributed by atoms with Crippen LogP contribution in [0.5, 0.6) is 5.75 Å². The van der Waals surface area contributed by atoms with E-state index in [9.17, 15) is 19.8 Å². The van der Waals surface area contributed by atoms with E-state index in [0.717, 1.165) is 41.3 Å². The minimum Gasteiger partial charge on any atom is -0.515 e. The van der Waals surface area contributed by atoms with Gasteiger partial charge in [-0.3, -0.25) is 9.59 Å². The van der Waals surface area contributed by atoms with Gasteiger partial charge in [-0.05, 0) is 95.8 Å². The number of hydrogen-bond donors (Lipinski definition) is 3. The van der Waals surface area contributed by atoms with Crippen LogP contribution in [0.3, 0.4) is 0 Å². The molecule has 2 saturated carbocycles. The molecule has 6 nitrogen and oxygen atoms in total. The van der Waals surface area contributed by atoms with Crippen LogP contribution in [-0.2, 0) is 16.0 Å². The summed E-state index contributed by atoms with van der Waals surface area (Å²) < 4.78 is 0.779. The summed E-state index contributed by atoms with van der Waals surface area (Å²) in [4.78, 5) is 31.4. The van der Waals surface area contributed by atoms with E-state index < -0.39 is 5.41 Å². The van der Waals surface area contributed by atoms with Gasteiger partial charge in [0, 0.05) is 28.5 Å². The zero-order valence-corrected chi connectivity index (χ0v) is 21.7. The number of anilines is 1. The number of aromatic hydroxyl groups is 1. The number of allylic oxidation sites excluding steroid dienone is 1. The number of phenolic OH excluding ortho intramolecular Hbond substituents is 1. The standard InChI is InChI=1S/C26H29BrN2O4S/c1-13-11-28-25(34-13)29-21(32)8-6-17-19(12-30)24(33)26(2)10-9-15-14-5-7-20(31)23(27)18(14)4-3-16(15)22(17)26/h5,7,11-12,15-17,22,30-31H,3-4,6,8-10H2,1-2H3,(H,28,29,32)/b19-12-/t15?,16?,17-,22?,26+/m1/s1. The highest BCUT2D eigenvalue weighted by atomic mass is 79.9. The maximum atomic E-state index is 13.5. The van der Waals surface area contributed by atoms with E-state index in [-0.39, 0.29) is 35.7 Å². The van der Waals surface area contributed by atoms with E-state index in [1.807, 2.05) is 13.0 Å². The van der Waals surface area contributed by atoms with Crippen LogP contribution in [0.1, 0.15) is 60.9 Å². The van der Waals surface area contributed by atoms with Gasteiger partial charge >= 0.3 is 0 Å². The van der Waals surface area contributed by atoms with Gasteiger partial charge in [-0.1, -0.05) is 13.0 Å². The topological polar surface area (TPSA) is 99.5 Å². The van der Waals surface area contributed by atoms with Crippen molar-refractivity contribution in [3.8, 4) is 5.75 Å². The number of carbonyl (C=O) groups excluding carboxylic acids is 2. The van der Waals surface area contributed by atoms with Crippen LogP contribution in [-0.4, -0.2) is 26.9 Å². The van der Waals surface area contributed by atoms with Crippen molar-refractivity contribution in [3.05, 3.63) is 50.6 Å². The van der Waals surface area contributed by atoms with Gasteiger partial charge in [0.05, 0.1) is 10.7 Å². The molecule has 3 aliphatic carbocycles. The first kappa shape index (κ1) is 23.5. The average Bonchev–Trinajstić information content (AvgIpc) is 3.32. The van der Waals surface area contributed by atoms with Gasteiger partial charge in [0.25, 0.3) is 0 Å². The Hall–Kier alpha value is -2.19. The largest absolute Gasteiger partial charge is 0.515 e. The van der Waals surface area contributed by atoms with Gasteiger partial charge in [-0.25, -0.2) is 4.98 Å².